The van der Waals surface area contributed by atoms with Crippen LogP contribution >= 0.6 is 0 Å². The smallest absolute Gasteiger partial charge is 0.288 e. The number of amides is 1. The van der Waals surface area contributed by atoms with Gasteiger partial charge in [-0.25, -0.2) is 4.98 Å². The molecule has 0 aromatic carbocycles. The van der Waals surface area contributed by atoms with Crippen LogP contribution in [0.25, 0.3) is 0 Å². The van der Waals surface area contributed by atoms with Gasteiger partial charge >= 0.3 is 0 Å². The fourth-order valence-corrected chi connectivity index (χ4v) is 2.14. The van der Waals surface area contributed by atoms with Crippen molar-refractivity contribution in [3.05, 3.63) is 27.9 Å². The molecule has 1 aliphatic heterocycles. The number of rotatable bonds is 6. The van der Waals surface area contributed by atoms with Gasteiger partial charge in [0.2, 0.25) is 0 Å². The lowest BCUT2D eigenvalue weighted by Gasteiger charge is -2.13. The fraction of sp³-hybridized carbons (Fsp3) is 0.538. The SMILES string of the molecule is CCNc1ncc([N+](=O)[O-])cc1C(=O)NCC1CCCO1. The third-order valence-corrected chi connectivity index (χ3v) is 3.19. The molecule has 1 fully saturated rings. The molecule has 1 atom stereocenters. The molecule has 1 amide bonds. The maximum Gasteiger partial charge on any atom is 0.288 e. The van der Waals surface area contributed by atoms with Crippen LogP contribution in [0.1, 0.15) is 30.1 Å². The second-order valence-electron chi connectivity index (χ2n) is 4.72. The van der Waals surface area contributed by atoms with E-state index >= 15 is 0 Å². The molecule has 2 heterocycles. The number of anilines is 1. The Bertz CT molecular complexity index is 529. The molecular formula is C13H18N4O4. The monoisotopic (exact) mass is 294 g/mol. The van der Waals surface area contributed by atoms with E-state index in [2.05, 4.69) is 15.6 Å². The molecule has 8 nitrogen and oxygen atoms in total. The minimum absolute atomic E-state index is 0.0168. The van der Waals surface area contributed by atoms with Gasteiger partial charge in [0.05, 0.1) is 16.6 Å². The molecule has 1 aromatic heterocycles. The number of carbonyl (C=O) groups excluding carboxylic acids is 1. The van der Waals surface area contributed by atoms with E-state index in [4.69, 9.17) is 4.74 Å². The van der Waals surface area contributed by atoms with Crippen molar-refractivity contribution in [1.29, 1.82) is 0 Å². The Morgan fingerprint density at radius 2 is 2.43 bits per heavy atom. The standard InChI is InChI=1S/C13H18N4O4/c1-2-14-12-11(6-9(7-15-12)17(19)20)13(18)16-8-10-4-3-5-21-10/h6-7,10H,2-5,8H2,1H3,(H,14,15)(H,16,18). The van der Waals surface area contributed by atoms with E-state index in [0.717, 1.165) is 19.0 Å². The second-order valence-corrected chi connectivity index (χ2v) is 4.72. The Labute approximate surface area is 122 Å². The molecule has 0 spiro atoms. The lowest BCUT2D eigenvalue weighted by atomic mass is 10.2. The van der Waals surface area contributed by atoms with Gasteiger partial charge in [0.25, 0.3) is 11.6 Å². The predicted octanol–water partition coefficient (Wildman–Crippen LogP) is 1.33. The lowest BCUT2D eigenvalue weighted by Crippen LogP contribution is -2.32. The van der Waals surface area contributed by atoms with Crippen molar-refractivity contribution in [3.8, 4) is 0 Å². The van der Waals surface area contributed by atoms with Crippen molar-refractivity contribution in [3.63, 3.8) is 0 Å². The number of aromatic nitrogens is 1. The van der Waals surface area contributed by atoms with Crippen LogP contribution in [0.4, 0.5) is 11.5 Å². The number of pyridine rings is 1. The first-order valence-electron chi connectivity index (χ1n) is 6.90. The molecule has 8 heteroatoms. The highest BCUT2D eigenvalue weighted by molar-refractivity contribution is 5.99. The van der Waals surface area contributed by atoms with Crippen LogP contribution in [0.15, 0.2) is 12.3 Å². The van der Waals surface area contributed by atoms with Gasteiger partial charge in [0.1, 0.15) is 12.0 Å². The van der Waals surface area contributed by atoms with Crippen molar-refractivity contribution in [1.82, 2.24) is 10.3 Å². The minimum Gasteiger partial charge on any atom is -0.376 e. The third kappa shape index (κ3) is 3.88. The number of nitrogens with zero attached hydrogens (tertiary/aromatic N) is 2. The molecule has 21 heavy (non-hydrogen) atoms. The van der Waals surface area contributed by atoms with Crippen LogP contribution < -0.4 is 10.6 Å². The number of ether oxygens (including phenoxy) is 1. The topological polar surface area (TPSA) is 106 Å². The highest BCUT2D eigenvalue weighted by atomic mass is 16.6. The summed E-state index contributed by atoms with van der Waals surface area (Å²) in [7, 11) is 0. The Morgan fingerprint density at radius 3 is 3.05 bits per heavy atom. The van der Waals surface area contributed by atoms with Crippen LogP contribution in [-0.4, -0.2) is 41.6 Å². The first-order chi connectivity index (χ1) is 10.1. The molecule has 0 saturated carbocycles. The molecule has 0 aliphatic carbocycles. The summed E-state index contributed by atoms with van der Waals surface area (Å²) in [5.41, 5.74) is -0.0389. The Kier molecular flexibility index (Phi) is 5.04. The maximum atomic E-state index is 12.2. The van der Waals surface area contributed by atoms with Gasteiger partial charge in [-0.2, -0.15) is 0 Å². The highest BCUT2D eigenvalue weighted by Crippen LogP contribution is 2.19. The summed E-state index contributed by atoms with van der Waals surface area (Å²) in [5.74, 6) is -0.0504. The lowest BCUT2D eigenvalue weighted by molar-refractivity contribution is -0.385. The first kappa shape index (κ1) is 15.2. The number of nitrogens with one attached hydrogen (secondary N) is 2. The van der Waals surface area contributed by atoms with Gasteiger partial charge in [-0.1, -0.05) is 0 Å². The normalized spacial score (nSPS) is 17.5. The van der Waals surface area contributed by atoms with E-state index in [1.54, 1.807) is 0 Å². The van der Waals surface area contributed by atoms with Gasteiger partial charge < -0.3 is 15.4 Å². The minimum atomic E-state index is -0.570. The van der Waals surface area contributed by atoms with Crippen LogP contribution in [-0.2, 0) is 4.74 Å². The second kappa shape index (κ2) is 6.98. The summed E-state index contributed by atoms with van der Waals surface area (Å²) in [6.07, 6.45) is 3.05. The Balaban J connectivity index is 2.11. The molecule has 2 N–H and O–H groups in total. The number of nitro groups is 1. The summed E-state index contributed by atoms with van der Waals surface area (Å²) in [6.45, 7) is 3.53. The van der Waals surface area contributed by atoms with Crippen LogP contribution in [0.3, 0.4) is 0 Å². The molecule has 0 radical (unpaired) electrons. The van der Waals surface area contributed by atoms with Gasteiger partial charge in [0.15, 0.2) is 0 Å². The zero-order valence-corrected chi connectivity index (χ0v) is 11.8. The van der Waals surface area contributed by atoms with Gasteiger partial charge in [-0.05, 0) is 19.8 Å². The molecule has 1 unspecified atom stereocenters. The highest BCUT2D eigenvalue weighted by Gasteiger charge is 2.20. The van der Waals surface area contributed by atoms with E-state index < -0.39 is 10.8 Å². The van der Waals surface area contributed by atoms with Crippen LogP contribution in [0.2, 0.25) is 0 Å². The van der Waals surface area contributed by atoms with E-state index in [0.29, 0.717) is 25.5 Å². The Hall–Kier alpha value is -2.22. The molecule has 0 bridgehead atoms. The van der Waals surface area contributed by atoms with Crippen LogP contribution in [0.5, 0.6) is 0 Å². The third-order valence-electron chi connectivity index (χ3n) is 3.19. The summed E-state index contributed by atoms with van der Waals surface area (Å²) in [6, 6.07) is 1.23. The molecule has 114 valence electrons. The average molecular weight is 294 g/mol. The molecular weight excluding hydrogens is 276 g/mol. The Morgan fingerprint density at radius 1 is 1.62 bits per heavy atom. The maximum absolute atomic E-state index is 12.2. The molecule has 1 aromatic rings. The molecule has 1 aliphatic rings. The van der Waals surface area contributed by atoms with Crippen molar-refractivity contribution >= 4 is 17.4 Å². The quantitative estimate of drug-likeness (QED) is 0.605. The van der Waals surface area contributed by atoms with Gasteiger partial charge in [0, 0.05) is 25.8 Å². The summed E-state index contributed by atoms with van der Waals surface area (Å²) < 4.78 is 5.42. The number of hydrogen-bond acceptors (Lipinski definition) is 6. The number of carbonyl (C=O) groups is 1. The average Bonchev–Trinajstić information content (AvgIpc) is 2.98. The zero-order valence-electron chi connectivity index (χ0n) is 11.8. The summed E-state index contributed by atoms with van der Waals surface area (Å²) in [5, 5.41) is 16.5. The largest absolute Gasteiger partial charge is 0.376 e. The molecule has 1 saturated heterocycles. The van der Waals surface area contributed by atoms with Crippen molar-refractivity contribution < 1.29 is 14.5 Å². The summed E-state index contributed by atoms with van der Waals surface area (Å²) in [4.78, 5) is 26.4. The van der Waals surface area contributed by atoms with Crippen molar-refractivity contribution in [2.45, 2.75) is 25.9 Å². The van der Waals surface area contributed by atoms with Gasteiger partial charge in [-0.15, -0.1) is 0 Å². The fourth-order valence-electron chi connectivity index (χ4n) is 2.14. The van der Waals surface area contributed by atoms with E-state index in [9.17, 15) is 14.9 Å². The number of hydrogen-bond donors (Lipinski definition) is 2. The van der Waals surface area contributed by atoms with Crippen molar-refractivity contribution in [2.24, 2.45) is 0 Å². The van der Waals surface area contributed by atoms with Crippen molar-refractivity contribution in [2.75, 3.05) is 25.0 Å². The van der Waals surface area contributed by atoms with E-state index in [1.807, 2.05) is 6.92 Å². The zero-order chi connectivity index (χ0) is 15.2. The van der Waals surface area contributed by atoms with Crippen LogP contribution in [0, 0.1) is 10.1 Å². The van der Waals surface area contributed by atoms with E-state index in [-0.39, 0.29) is 17.4 Å². The summed E-state index contributed by atoms with van der Waals surface area (Å²) >= 11 is 0. The molecule has 2 rings (SSSR count). The van der Waals surface area contributed by atoms with E-state index in [1.165, 1.54) is 6.07 Å². The van der Waals surface area contributed by atoms with Gasteiger partial charge in [-0.3, -0.25) is 14.9 Å². The first-order valence-corrected chi connectivity index (χ1v) is 6.90. The predicted molar refractivity (Wildman–Crippen MR) is 76.4 cm³/mol.